The van der Waals surface area contributed by atoms with Gasteiger partial charge < -0.3 is 9.73 Å². The first-order valence-corrected chi connectivity index (χ1v) is 4.22. The normalized spacial score (nSPS) is 8.81. The van der Waals surface area contributed by atoms with E-state index in [9.17, 15) is 4.39 Å². The molecule has 0 bridgehead atoms. The Morgan fingerprint density at radius 1 is 1.31 bits per heavy atom. The maximum atomic E-state index is 12.8. The van der Waals surface area contributed by atoms with Crippen LogP contribution < -0.4 is 5.32 Å². The molecule has 1 aromatic heterocycles. The Morgan fingerprint density at radius 3 is 2.75 bits per heavy atom. The van der Waals surface area contributed by atoms with Gasteiger partial charge in [-0.3, -0.25) is 0 Å². The molecule has 0 aliphatic heterocycles. The molecule has 1 heterocycles. The fourth-order valence-corrected chi connectivity index (χ4v) is 1.14. The number of rotatable bonds is 3. The fraction of sp³-hybridized carbons (Fsp3) is 0.100. The molecule has 16 heavy (non-hydrogen) atoms. The van der Waals surface area contributed by atoms with Crippen molar-refractivity contribution in [2.24, 2.45) is 0 Å². The van der Waals surface area contributed by atoms with Crippen LogP contribution in [0, 0.1) is 5.82 Å². The van der Waals surface area contributed by atoms with Gasteiger partial charge in [-0.15, -0.1) is 24.8 Å². The van der Waals surface area contributed by atoms with Crippen LogP contribution in [0.3, 0.4) is 0 Å². The average molecular weight is 265 g/mol. The number of anilines is 1. The first kappa shape index (κ1) is 14.7. The smallest absolute Gasteiger partial charge is 0.294 e. The number of oxazole rings is 1. The summed E-state index contributed by atoms with van der Waals surface area (Å²) in [6, 6.07) is 6.82. The predicted molar refractivity (Wildman–Crippen MR) is 64.7 cm³/mol. The lowest BCUT2D eigenvalue weighted by atomic mass is 10.2. The number of nitrogens with zero attached hydrogens (tertiary/aromatic N) is 1. The van der Waals surface area contributed by atoms with Gasteiger partial charge in [0.05, 0.1) is 6.20 Å². The number of hydrogen-bond acceptors (Lipinski definition) is 3. The van der Waals surface area contributed by atoms with E-state index in [0.29, 0.717) is 12.6 Å². The van der Waals surface area contributed by atoms with Crippen molar-refractivity contribution < 1.29 is 8.81 Å². The molecule has 0 atom stereocenters. The molecule has 0 aliphatic carbocycles. The Hall–Kier alpha value is -1.26. The quantitative estimate of drug-likeness (QED) is 0.925. The molecule has 6 heteroatoms. The topological polar surface area (TPSA) is 38.1 Å². The minimum atomic E-state index is -0.239. The van der Waals surface area contributed by atoms with Crippen LogP contribution in [0.2, 0.25) is 0 Å². The third-order valence-electron chi connectivity index (χ3n) is 1.77. The van der Waals surface area contributed by atoms with Crippen molar-refractivity contribution in [3.63, 3.8) is 0 Å². The van der Waals surface area contributed by atoms with E-state index in [0.717, 1.165) is 5.56 Å². The monoisotopic (exact) mass is 264 g/mol. The van der Waals surface area contributed by atoms with E-state index in [1.807, 2.05) is 6.07 Å². The zero-order valence-electron chi connectivity index (χ0n) is 8.22. The third-order valence-corrected chi connectivity index (χ3v) is 1.77. The molecule has 0 amide bonds. The molecule has 0 aliphatic rings. The van der Waals surface area contributed by atoms with E-state index in [1.165, 1.54) is 18.4 Å². The van der Waals surface area contributed by atoms with E-state index in [-0.39, 0.29) is 30.6 Å². The zero-order chi connectivity index (χ0) is 9.80. The summed E-state index contributed by atoms with van der Waals surface area (Å²) in [5, 5.41) is 2.92. The van der Waals surface area contributed by atoms with Crippen LogP contribution in [0.5, 0.6) is 0 Å². The molecule has 0 spiro atoms. The van der Waals surface area contributed by atoms with Crippen LogP contribution in [0.25, 0.3) is 0 Å². The van der Waals surface area contributed by atoms with Gasteiger partial charge in [0.2, 0.25) is 0 Å². The van der Waals surface area contributed by atoms with Crippen LogP contribution in [-0.2, 0) is 6.54 Å². The van der Waals surface area contributed by atoms with Gasteiger partial charge in [-0.2, -0.15) is 0 Å². The van der Waals surface area contributed by atoms with Gasteiger partial charge in [0.1, 0.15) is 12.1 Å². The minimum absolute atomic E-state index is 0. The molecule has 0 unspecified atom stereocenters. The van der Waals surface area contributed by atoms with Gasteiger partial charge in [0.25, 0.3) is 6.01 Å². The van der Waals surface area contributed by atoms with E-state index >= 15 is 0 Å². The zero-order valence-corrected chi connectivity index (χ0v) is 9.85. The maximum Gasteiger partial charge on any atom is 0.294 e. The van der Waals surface area contributed by atoms with Gasteiger partial charge in [-0.1, -0.05) is 12.1 Å². The Morgan fingerprint density at radius 2 is 2.12 bits per heavy atom. The van der Waals surface area contributed by atoms with Gasteiger partial charge >= 0.3 is 0 Å². The molecular weight excluding hydrogens is 254 g/mol. The van der Waals surface area contributed by atoms with Gasteiger partial charge in [-0.25, -0.2) is 9.37 Å². The second-order valence-electron chi connectivity index (χ2n) is 2.82. The fourth-order valence-electron chi connectivity index (χ4n) is 1.14. The van der Waals surface area contributed by atoms with Crippen LogP contribution >= 0.6 is 24.8 Å². The summed E-state index contributed by atoms with van der Waals surface area (Å²) in [7, 11) is 0. The first-order valence-electron chi connectivity index (χ1n) is 4.22. The van der Waals surface area contributed by atoms with Crippen LogP contribution in [0.4, 0.5) is 10.4 Å². The Kier molecular flexibility index (Phi) is 6.53. The average Bonchev–Trinajstić information content (AvgIpc) is 2.67. The Labute approximate surface area is 105 Å². The summed E-state index contributed by atoms with van der Waals surface area (Å²) in [4.78, 5) is 3.88. The summed E-state index contributed by atoms with van der Waals surface area (Å²) in [5.74, 6) is -0.239. The highest BCUT2D eigenvalue weighted by Crippen LogP contribution is 2.07. The van der Waals surface area contributed by atoms with Gasteiger partial charge in [-0.05, 0) is 17.7 Å². The predicted octanol–water partition coefficient (Wildman–Crippen LogP) is 3.27. The highest BCUT2D eigenvalue weighted by Gasteiger charge is 1.97. The molecule has 2 aromatic rings. The summed E-state index contributed by atoms with van der Waals surface area (Å²) < 4.78 is 17.7. The molecule has 1 N–H and O–H groups in total. The molecular formula is C10H11Cl2FN2O. The number of halogens is 3. The van der Waals surface area contributed by atoms with E-state index in [4.69, 9.17) is 4.42 Å². The summed E-state index contributed by atoms with van der Waals surface area (Å²) in [5.41, 5.74) is 0.850. The highest BCUT2D eigenvalue weighted by molar-refractivity contribution is 5.85. The van der Waals surface area contributed by atoms with Crippen molar-refractivity contribution in [2.75, 3.05) is 5.32 Å². The summed E-state index contributed by atoms with van der Waals surface area (Å²) in [6.07, 6.45) is 3.03. The van der Waals surface area contributed by atoms with Crippen LogP contribution in [0.1, 0.15) is 5.56 Å². The standard InChI is InChI=1S/C10H9FN2O.2ClH/c11-9-3-1-2-8(6-9)7-13-10-12-4-5-14-10;;/h1-6H,7H2,(H,12,13);2*1H. The SMILES string of the molecule is Cl.Cl.Fc1cccc(CNc2ncco2)c1. The lowest BCUT2D eigenvalue weighted by molar-refractivity contribution is 0.570. The third kappa shape index (κ3) is 4.08. The second-order valence-corrected chi connectivity index (χ2v) is 2.82. The lowest BCUT2D eigenvalue weighted by Gasteiger charge is -2.01. The number of nitrogens with one attached hydrogen (secondary N) is 1. The largest absolute Gasteiger partial charge is 0.432 e. The highest BCUT2D eigenvalue weighted by atomic mass is 35.5. The number of hydrogen-bond donors (Lipinski definition) is 1. The van der Waals surface area contributed by atoms with Crippen LogP contribution in [0.15, 0.2) is 41.1 Å². The molecule has 1 aromatic carbocycles. The van der Waals surface area contributed by atoms with Crippen molar-refractivity contribution in [2.45, 2.75) is 6.54 Å². The lowest BCUT2D eigenvalue weighted by Crippen LogP contribution is -1.99. The molecule has 0 saturated heterocycles. The van der Waals surface area contributed by atoms with Crippen molar-refractivity contribution >= 4 is 30.8 Å². The first-order chi connectivity index (χ1) is 6.84. The molecule has 0 fully saturated rings. The van der Waals surface area contributed by atoms with E-state index in [2.05, 4.69) is 10.3 Å². The van der Waals surface area contributed by atoms with Gasteiger partial charge in [0, 0.05) is 6.54 Å². The van der Waals surface area contributed by atoms with Crippen LogP contribution in [-0.4, -0.2) is 4.98 Å². The molecule has 2 rings (SSSR count). The summed E-state index contributed by atoms with van der Waals surface area (Å²) in [6.45, 7) is 0.498. The number of benzene rings is 1. The van der Waals surface area contributed by atoms with Crippen molar-refractivity contribution in [3.05, 3.63) is 48.1 Å². The van der Waals surface area contributed by atoms with Crippen molar-refractivity contribution in [1.82, 2.24) is 4.98 Å². The van der Waals surface area contributed by atoms with E-state index in [1.54, 1.807) is 12.3 Å². The molecule has 0 saturated carbocycles. The Bertz CT molecular complexity index is 409. The van der Waals surface area contributed by atoms with Crippen molar-refractivity contribution in [3.8, 4) is 0 Å². The van der Waals surface area contributed by atoms with Crippen molar-refractivity contribution in [1.29, 1.82) is 0 Å². The van der Waals surface area contributed by atoms with Gasteiger partial charge in [0.15, 0.2) is 0 Å². The molecule has 3 nitrogen and oxygen atoms in total. The summed E-state index contributed by atoms with van der Waals surface area (Å²) >= 11 is 0. The molecule has 88 valence electrons. The number of aromatic nitrogens is 1. The van der Waals surface area contributed by atoms with E-state index < -0.39 is 0 Å². The second kappa shape index (κ2) is 7.09. The minimum Gasteiger partial charge on any atom is -0.432 e. The maximum absolute atomic E-state index is 12.8. The Balaban J connectivity index is 0.00000112. The molecule has 0 radical (unpaired) electrons.